The number of carbonyl (C=O) groups is 2. The Bertz CT molecular complexity index is 204. The van der Waals surface area contributed by atoms with E-state index in [1.165, 1.54) is 0 Å². The second-order valence-electron chi connectivity index (χ2n) is 2.16. The van der Waals surface area contributed by atoms with E-state index < -0.39 is 5.97 Å². The van der Waals surface area contributed by atoms with Crippen LogP contribution < -0.4 is 0 Å². The van der Waals surface area contributed by atoms with Crippen LogP contribution in [0.4, 0.5) is 0 Å². The fourth-order valence-corrected chi connectivity index (χ4v) is 0.724. The molecule has 0 fully saturated rings. The predicted octanol–water partition coefficient (Wildman–Crippen LogP) is 1.65. The van der Waals surface area contributed by atoms with Crippen LogP contribution in [0.3, 0.4) is 0 Å². The molecule has 0 rings (SSSR count). The molecule has 0 heterocycles. The fraction of sp³-hybridized carbons (Fsp3) is 0.500. The Morgan fingerprint density at radius 3 is 2.50 bits per heavy atom. The van der Waals surface area contributed by atoms with Crippen LogP contribution in [0, 0.1) is 0 Å². The molecule has 0 aromatic carbocycles. The van der Waals surface area contributed by atoms with Gasteiger partial charge in [-0.05, 0) is 13.8 Å². The molecule has 0 aliphatic heterocycles. The van der Waals surface area contributed by atoms with Crippen LogP contribution in [-0.2, 0) is 14.3 Å². The molecule has 0 atom stereocenters. The maximum absolute atomic E-state index is 10.8. The van der Waals surface area contributed by atoms with Crippen LogP contribution in [0.5, 0.6) is 0 Å². The van der Waals surface area contributed by atoms with Crippen LogP contribution in [0.1, 0.15) is 20.3 Å². The second-order valence-corrected chi connectivity index (χ2v) is 2.73. The lowest BCUT2D eigenvalue weighted by Gasteiger charge is -2.01. The number of esters is 1. The molecule has 68 valence electrons. The Kier molecular flexibility index (Phi) is 5.37. The van der Waals surface area contributed by atoms with Gasteiger partial charge in [-0.3, -0.25) is 9.59 Å². The van der Waals surface area contributed by atoms with Crippen molar-refractivity contribution in [3.63, 3.8) is 0 Å². The normalized spacial score (nSPS) is 11.9. The summed E-state index contributed by atoms with van der Waals surface area (Å²) >= 11 is 5.53. The van der Waals surface area contributed by atoms with Crippen molar-refractivity contribution < 1.29 is 14.3 Å². The quantitative estimate of drug-likeness (QED) is 0.385. The maximum atomic E-state index is 10.8. The Morgan fingerprint density at radius 2 is 2.17 bits per heavy atom. The van der Waals surface area contributed by atoms with E-state index in [0.29, 0.717) is 17.9 Å². The Labute approximate surface area is 76.3 Å². The van der Waals surface area contributed by atoms with Crippen LogP contribution in [0.25, 0.3) is 0 Å². The van der Waals surface area contributed by atoms with Gasteiger partial charge in [-0.2, -0.15) is 0 Å². The highest BCUT2D eigenvalue weighted by Crippen LogP contribution is 2.10. The molecule has 0 N–H and O–H groups in total. The van der Waals surface area contributed by atoms with E-state index in [1.807, 2.05) is 0 Å². The van der Waals surface area contributed by atoms with Crippen molar-refractivity contribution >= 4 is 23.9 Å². The van der Waals surface area contributed by atoms with Gasteiger partial charge in [0.15, 0.2) is 0 Å². The molecule has 0 aliphatic carbocycles. The van der Waals surface area contributed by atoms with Gasteiger partial charge in [-0.1, -0.05) is 11.6 Å². The summed E-state index contributed by atoms with van der Waals surface area (Å²) in [7, 11) is 0. The molecule has 0 saturated heterocycles. The summed E-state index contributed by atoms with van der Waals surface area (Å²) in [6.45, 7) is 3.58. The molecule has 0 amide bonds. The van der Waals surface area contributed by atoms with Crippen LogP contribution >= 0.6 is 11.6 Å². The number of hydrogen-bond donors (Lipinski definition) is 0. The van der Waals surface area contributed by atoms with E-state index in [0.717, 1.165) is 0 Å². The van der Waals surface area contributed by atoms with Crippen molar-refractivity contribution in [3.8, 4) is 0 Å². The van der Waals surface area contributed by atoms with Crippen molar-refractivity contribution in [1.29, 1.82) is 0 Å². The third-order valence-corrected chi connectivity index (χ3v) is 1.47. The predicted molar refractivity (Wildman–Crippen MR) is 45.9 cm³/mol. The van der Waals surface area contributed by atoms with E-state index in [1.54, 1.807) is 13.8 Å². The number of ether oxygens (including phenoxy) is 1. The minimum absolute atomic E-state index is 0.0489. The zero-order chi connectivity index (χ0) is 9.56. The topological polar surface area (TPSA) is 43.4 Å². The molecule has 0 unspecified atom stereocenters. The monoisotopic (exact) mass is 190 g/mol. The van der Waals surface area contributed by atoms with Crippen LogP contribution in [-0.4, -0.2) is 18.9 Å². The lowest BCUT2D eigenvalue weighted by atomic mass is 10.2. The van der Waals surface area contributed by atoms with Crippen molar-refractivity contribution in [2.45, 2.75) is 20.3 Å². The number of halogens is 1. The molecule has 0 radical (unpaired) electrons. The highest BCUT2D eigenvalue weighted by atomic mass is 35.5. The largest absolute Gasteiger partial charge is 0.466 e. The summed E-state index contributed by atoms with van der Waals surface area (Å²) in [6.07, 6.45) is 0.520. The smallest absolute Gasteiger partial charge is 0.310 e. The molecule has 0 spiro atoms. The highest BCUT2D eigenvalue weighted by molar-refractivity contribution is 6.31. The van der Waals surface area contributed by atoms with Crippen molar-refractivity contribution in [2.75, 3.05) is 6.61 Å². The number of hydrogen-bond acceptors (Lipinski definition) is 3. The Morgan fingerprint density at radius 1 is 1.58 bits per heavy atom. The highest BCUT2D eigenvalue weighted by Gasteiger charge is 2.07. The fourth-order valence-electron chi connectivity index (χ4n) is 0.612. The van der Waals surface area contributed by atoms with E-state index in [9.17, 15) is 9.59 Å². The molecule has 0 bridgehead atoms. The molecule has 12 heavy (non-hydrogen) atoms. The average Bonchev–Trinajstić information content (AvgIpc) is 2.00. The second kappa shape index (κ2) is 5.77. The summed E-state index contributed by atoms with van der Waals surface area (Å²) in [4.78, 5) is 21.2. The van der Waals surface area contributed by atoms with Gasteiger partial charge in [0.25, 0.3) is 0 Å². The van der Waals surface area contributed by atoms with Gasteiger partial charge in [0, 0.05) is 10.6 Å². The van der Waals surface area contributed by atoms with E-state index in [2.05, 4.69) is 4.74 Å². The van der Waals surface area contributed by atoms with Gasteiger partial charge in [-0.15, -0.1) is 0 Å². The number of carbonyl (C=O) groups excluding carboxylic acids is 2. The summed E-state index contributed by atoms with van der Waals surface area (Å²) in [5.74, 6) is -0.431. The first-order valence-corrected chi connectivity index (χ1v) is 3.95. The van der Waals surface area contributed by atoms with Gasteiger partial charge in [0.2, 0.25) is 0 Å². The molecule has 0 aliphatic rings. The summed E-state index contributed by atoms with van der Waals surface area (Å²) < 4.78 is 4.63. The minimum Gasteiger partial charge on any atom is -0.466 e. The maximum Gasteiger partial charge on any atom is 0.310 e. The SMILES string of the molecule is CCOC(=O)CC(C=O)=C(C)Cl. The van der Waals surface area contributed by atoms with Crippen LogP contribution in [0.2, 0.25) is 0 Å². The zero-order valence-electron chi connectivity index (χ0n) is 7.09. The van der Waals surface area contributed by atoms with E-state index >= 15 is 0 Å². The standard InChI is InChI=1S/C8H11ClO3/c1-3-12-8(11)4-7(5-10)6(2)9/h5H,3-4H2,1-2H3. The molecule has 4 heteroatoms. The third-order valence-electron chi connectivity index (χ3n) is 1.22. The first-order valence-electron chi connectivity index (χ1n) is 3.57. The molecule has 0 saturated carbocycles. The van der Waals surface area contributed by atoms with Crippen molar-refractivity contribution in [3.05, 3.63) is 10.6 Å². The van der Waals surface area contributed by atoms with Crippen molar-refractivity contribution in [2.24, 2.45) is 0 Å². The lowest BCUT2D eigenvalue weighted by Crippen LogP contribution is -2.06. The lowest BCUT2D eigenvalue weighted by molar-refractivity contribution is -0.142. The Balaban J connectivity index is 4.14. The third kappa shape index (κ3) is 4.13. The molecule has 0 aromatic rings. The molecule has 0 aromatic heterocycles. The average molecular weight is 191 g/mol. The van der Waals surface area contributed by atoms with Gasteiger partial charge in [0.05, 0.1) is 13.0 Å². The number of aldehydes is 1. The van der Waals surface area contributed by atoms with Gasteiger partial charge < -0.3 is 4.74 Å². The Hall–Kier alpha value is -0.830. The van der Waals surface area contributed by atoms with Crippen LogP contribution in [0.15, 0.2) is 10.6 Å². The first-order chi connectivity index (χ1) is 5.61. The number of rotatable bonds is 4. The van der Waals surface area contributed by atoms with Gasteiger partial charge in [0.1, 0.15) is 6.29 Å². The van der Waals surface area contributed by atoms with Crippen molar-refractivity contribution in [1.82, 2.24) is 0 Å². The minimum atomic E-state index is -0.431. The summed E-state index contributed by atoms with van der Waals surface area (Å²) in [5.41, 5.74) is 0.273. The zero-order valence-corrected chi connectivity index (χ0v) is 7.85. The number of allylic oxidation sites excluding steroid dienone is 1. The van der Waals surface area contributed by atoms with Gasteiger partial charge >= 0.3 is 5.97 Å². The molecular weight excluding hydrogens is 180 g/mol. The first kappa shape index (κ1) is 11.2. The molecule has 3 nitrogen and oxygen atoms in total. The van der Waals surface area contributed by atoms with Gasteiger partial charge in [-0.25, -0.2) is 0 Å². The summed E-state index contributed by atoms with van der Waals surface area (Å²) in [6, 6.07) is 0. The van der Waals surface area contributed by atoms with E-state index in [-0.39, 0.29) is 12.0 Å². The molecular formula is C8H11ClO3. The van der Waals surface area contributed by atoms with E-state index in [4.69, 9.17) is 11.6 Å². The summed E-state index contributed by atoms with van der Waals surface area (Å²) in [5, 5.41) is 0.332.